The molecule has 0 radical (unpaired) electrons. The number of fused-ring (bicyclic) bond motifs is 1. The van der Waals surface area contributed by atoms with Gasteiger partial charge < -0.3 is 19.9 Å². The van der Waals surface area contributed by atoms with E-state index in [0.717, 1.165) is 79.8 Å². The molecule has 2 saturated carbocycles. The average Bonchev–Trinajstić information content (AvgIpc) is 3.68. The number of aliphatic hydroxyl groups is 1. The standard InChI is InChI=1S/C28H38N6O3S/c1-32-14-16-33(17-15-32)38(36,37)24-10-4-21(5-11-24)26-19-34(22-6-8-23(35)9-7-22)27-25(26)18-30-28(31-27)29-13-12-20-2-3-20/h4-5,10-11,18-20,22-23,35H,2-3,6-9,12-17H2,1H3,(H,29,30,31). The third-order valence-electron chi connectivity index (χ3n) is 8.43. The monoisotopic (exact) mass is 538 g/mol. The highest BCUT2D eigenvalue weighted by Gasteiger charge is 2.28. The molecule has 3 heterocycles. The molecule has 0 atom stereocenters. The Hall–Kier alpha value is -2.53. The van der Waals surface area contributed by atoms with E-state index in [1.807, 2.05) is 25.4 Å². The van der Waals surface area contributed by atoms with Crippen LogP contribution in [0.15, 0.2) is 41.6 Å². The Morgan fingerprint density at radius 3 is 2.39 bits per heavy atom. The lowest BCUT2D eigenvalue weighted by molar-refractivity contribution is 0.111. The lowest BCUT2D eigenvalue weighted by Gasteiger charge is -2.31. The van der Waals surface area contributed by atoms with E-state index in [0.29, 0.717) is 23.9 Å². The van der Waals surface area contributed by atoms with Crippen molar-refractivity contribution in [3.63, 3.8) is 0 Å². The number of aromatic nitrogens is 3. The third-order valence-corrected chi connectivity index (χ3v) is 10.3. The van der Waals surface area contributed by atoms with Gasteiger partial charge in [-0.05, 0) is 62.8 Å². The number of anilines is 1. The summed E-state index contributed by atoms with van der Waals surface area (Å²) in [6.07, 6.45) is 11.0. The summed E-state index contributed by atoms with van der Waals surface area (Å²) in [6, 6.07) is 7.50. The molecule has 2 aliphatic carbocycles. The van der Waals surface area contributed by atoms with E-state index in [-0.39, 0.29) is 12.1 Å². The van der Waals surface area contributed by atoms with Crippen LogP contribution < -0.4 is 5.32 Å². The molecule has 204 valence electrons. The number of likely N-dealkylation sites (N-methyl/N-ethyl adjacent to an activating group) is 1. The molecule has 9 nitrogen and oxygen atoms in total. The number of aliphatic hydroxyl groups excluding tert-OH is 1. The van der Waals surface area contributed by atoms with Gasteiger partial charge in [-0.2, -0.15) is 9.29 Å². The van der Waals surface area contributed by atoms with Gasteiger partial charge in [-0.25, -0.2) is 13.4 Å². The zero-order valence-corrected chi connectivity index (χ0v) is 22.9. The maximum absolute atomic E-state index is 13.2. The Bertz CT molecular complexity index is 1370. The van der Waals surface area contributed by atoms with Gasteiger partial charge in [-0.15, -0.1) is 0 Å². The van der Waals surface area contributed by atoms with E-state index in [9.17, 15) is 13.5 Å². The van der Waals surface area contributed by atoms with E-state index in [4.69, 9.17) is 4.98 Å². The molecule has 1 saturated heterocycles. The Morgan fingerprint density at radius 1 is 1.00 bits per heavy atom. The fourth-order valence-electron chi connectivity index (χ4n) is 5.74. The van der Waals surface area contributed by atoms with Gasteiger partial charge in [0.15, 0.2) is 0 Å². The molecule has 38 heavy (non-hydrogen) atoms. The fourth-order valence-corrected chi connectivity index (χ4v) is 7.16. The van der Waals surface area contributed by atoms with Gasteiger partial charge in [-0.1, -0.05) is 25.0 Å². The molecule has 2 N–H and O–H groups in total. The van der Waals surface area contributed by atoms with Gasteiger partial charge in [0.25, 0.3) is 0 Å². The number of hydrogen-bond acceptors (Lipinski definition) is 7. The molecule has 6 rings (SSSR count). The van der Waals surface area contributed by atoms with Crippen LogP contribution in [0.25, 0.3) is 22.2 Å². The third kappa shape index (κ3) is 5.32. The highest BCUT2D eigenvalue weighted by Crippen LogP contribution is 2.37. The molecule has 2 aromatic heterocycles. The number of piperazine rings is 1. The van der Waals surface area contributed by atoms with Crippen LogP contribution in [0.3, 0.4) is 0 Å². The van der Waals surface area contributed by atoms with Crippen LogP contribution in [0.1, 0.15) is 51.0 Å². The maximum Gasteiger partial charge on any atom is 0.243 e. The van der Waals surface area contributed by atoms with E-state index in [1.165, 1.54) is 12.8 Å². The van der Waals surface area contributed by atoms with E-state index >= 15 is 0 Å². The number of hydrogen-bond donors (Lipinski definition) is 2. The highest BCUT2D eigenvalue weighted by molar-refractivity contribution is 7.89. The summed E-state index contributed by atoms with van der Waals surface area (Å²) < 4.78 is 30.3. The first-order chi connectivity index (χ1) is 18.4. The molecular formula is C28H38N6O3S. The van der Waals surface area contributed by atoms with Crippen LogP contribution in [0.5, 0.6) is 0 Å². The van der Waals surface area contributed by atoms with Gasteiger partial charge in [0.2, 0.25) is 16.0 Å². The number of rotatable bonds is 8. The van der Waals surface area contributed by atoms with Crippen molar-refractivity contribution in [1.29, 1.82) is 0 Å². The van der Waals surface area contributed by atoms with Crippen molar-refractivity contribution in [1.82, 2.24) is 23.7 Å². The van der Waals surface area contributed by atoms with Crippen LogP contribution in [0.2, 0.25) is 0 Å². The summed E-state index contributed by atoms with van der Waals surface area (Å²) in [5.41, 5.74) is 2.83. The average molecular weight is 539 g/mol. The van der Waals surface area contributed by atoms with Gasteiger partial charge in [0, 0.05) is 62.1 Å². The van der Waals surface area contributed by atoms with Crippen molar-refractivity contribution in [2.75, 3.05) is 45.1 Å². The van der Waals surface area contributed by atoms with Crippen molar-refractivity contribution < 1.29 is 13.5 Å². The minimum Gasteiger partial charge on any atom is -0.393 e. The van der Waals surface area contributed by atoms with Gasteiger partial charge >= 0.3 is 0 Å². The largest absolute Gasteiger partial charge is 0.393 e. The van der Waals surface area contributed by atoms with Gasteiger partial charge in [-0.3, -0.25) is 0 Å². The molecule has 0 amide bonds. The first kappa shape index (κ1) is 25.7. The maximum atomic E-state index is 13.2. The predicted molar refractivity (Wildman–Crippen MR) is 149 cm³/mol. The van der Waals surface area contributed by atoms with Crippen LogP contribution in [-0.4, -0.2) is 83.1 Å². The Morgan fingerprint density at radius 2 is 1.71 bits per heavy atom. The van der Waals surface area contributed by atoms with Crippen molar-refractivity contribution >= 4 is 27.0 Å². The van der Waals surface area contributed by atoms with Crippen LogP contribution in [-0.2, 0) is 10.0 Å². The fraction of sp³-hybridized carbons (Fsp3) is 0.571. The predicted octanol–water partition coefficient (Wildman–Crippen LogP) is 3.72. The second-order valence-electron chi connectivity index (χ2n) is 11.2. The Labute approximate surface area is 224 Å². The van der Waals surface area contributed by atoms with E-state index < -0.39 is 10.0 Å². The molecular weight excluding hydrogens is 500 g/mol. The number of benzene rings is 1. The van der Waals surface area contributed by atoms with Crippen molar-refractivity contribution in [3.05, 3.63) is 36.7 Å². The molecule has 1 aliphatic heterocycles. The van der Waals surface area contributed by atoms with Crippen molar-refractivity contribution in [2.24, 2.45) is 5.92 Å². The first-order valence-corrected chi connectivity index (χ1v) is 15.4. The second-order valence-corrected chi connectivity index (χ2v) is 13.2. The zero-order valence-electron chi connectivity index (χ0n) is 22.1. The van der Waals surface area contributed by atoms with Crippen molar-refractivity contribution in [3.8, 4) is 11.1 Å². The van der Waals surface area contributed by atoms with E-state index in [2.05, 4.69) is 26.0 Å². The lowest BCUT2D eigenvalue weighted by atomic mass is 9.93. The summed E-state index contributed by atoms with van der Waals surface area (Å²) in [5, 5.41) is 14.4. The second kappa shape index (κ2) is 10.6. The summed E-state index contributed by atoms with van der Waals surface area (Å²) in [4.78, 5) is 12.0. The zero-order chi connectivity index (χ0) is 26.3. The SMILES string of the molecule is CN1CCN(S(=O)(=O)c2ccc(-c3cn(C4CCC(O)CC4)c4nc(NCCC5CC5)ncc34)cc2)CC1. The van der Waals surface area contributed by atoms with Crippen LogP contribution in [0, 0.1) is 5.92 Å². The molecule has 0 unspecified atom stereocenters. The number of nitrogens with one attached hydrogen (secondary N) is 1. The molecule has 0 bridgehead atoms. The summed E-state index contributed by atoms with van der Waals surface area (Å²) in [6.45, 7) is 3.39. The minimum atomic E-state index is -3.52. The molecule has 3 fully saturated rings. The molecule has 3 aromatic rings. The van der Waals surface area contributed by atoms with Gasteiger partial charge in [0.05, 0.1) is 11.0 Å². The summed E-state index contributed by atoms with van der Waals surface area (Å²) in [5.74, 6) is 1.49. The van der Waals surface area contributed by atoms with Crippen LogP contribution >= 0.6 is 0 Å². The molecule has 3 aliphatic rings. The minimum absolute atomic E-state index is 0.225. The molecule has 10 heteroatoms. The summed E-state index contributed by atoms with van der Waals surface area (Å²) in [7, 11) is -1.50. The number of nitrogens with zero attached hydrogens (tertiary/aromatic N) is 5. The van der Waals surface area contributed by atoms with Crippen molar-refractivity contribution in [2.45, 2.75) is 62.0 Å². The highest BCUT2D eigenvalue weighted by atomic mass is 32.2. The Kier molecular flexibility index (Phi) is 7.15. The molecule has 1 aromatic carbocycles. The van der Waals surface area contributed by atoms with Crippen LogP contribution in [0.4, 0.5) is 5.95 Å². The normalized spacial score (nSPS) is 23.6. The topological polar surface area (TPSA) is 104 Å². The molecule has 0 spiro atoms. The smallest absolute Gasteiger partial charge is 0.243 e. The lowest BCUT2D eigenvalue weighted by Crippen LogP contribution is -2.46. The first-order valence-electron chi connectivity index (χ1n) is 14.0. The van der Waals surface area contributed by atoms with E-state index in [1.54, 1.807) is 16.4 Å². The quantitative estimate of drug-likeness (QED) is 0.451. The van der Waals surface area contributed by atoms with Gasteiger partial charge in [0.1, 0.15) is 5.65 Å². The number of sulfonamides is 1. The Balaban J connectivity index is 1.30. The summed E-state index contributed by atoms with van der Waals surface area (Å²) >= 11 is 0.